The zero-order valence-electron chi connectivity index (χ0n) is 15.0. The third kappa shape index (κ3) is 4.24. The molecule has 0 aromatic heterocycles. The summed E-state index contributed by atoms with van der Waals surface area (Å²) in [4.78, 5) is 4.33. The fraction of sp³-hybridized carbons (Fsp3) is 0.350. The van der Waals surface area contributed by atoms with Crippen LogP contribution in [-0.2, 0) is 6.54 Å². The molecule has 0 bridgehead atoms. The van der Waals surface area contributed by atoms with Gasteiger partial charge in [-0.05, 0) is 29.7 Å². The molecular weight excluding hydrogens is 314 g/mol. The van der Waals surface area contributed by atoms with Crippen LogP contribution >= 0.6 is 0 Å². The Hall–Kier alpha value is -2.69. The summed E-state index contributed by atoms with van der Waals surface area (Å²) < 4.78 is 10.6. The van der Waals surface area contributed by atoms with Crippen molar-refractivity contribution in [1.29, 1.82) is 0 Å². The lowest BCUT2D eigenvalue weighted by molar-refractivity contribution is 0.354. The van der Waals surface area contributed by atoms with Gasteiger partial charge in [-0.2, -0.15) is 0 Å². The predicted octanol–water partition coefficient (Wildman–Crippen LogP) is 2.92. The van der Waals surface area contributed by atoms with E-state index in [2.05, 4.69) is 46.0 Å². The van der Waals surface area contributed by atoms with Crippen molar-refractivity contribution in [2.24, 2.45) is 4.99 Å². The van der Waals surface area contributed by atoms with Gasteiger partial charge in [-0.25, -0.2) is 0 Å². The van der Waals surface area contributed by atoms with Gasteiger partial charge >= 0.3 is 0 Å². The molecule has 2 aromatic rings. The molecular formula is C20H25N3O2. The minimum atomic E-state index is 0.444. The highest BCUT2D eigenvalue weighted by Crippen LogP contribution is 2.40. The van der Waals surface area contributed by atoms with E-state index < -0.39 is 0 Å². The van der Waals surface area contributed by atoms with Crippen molar-refractivity contribution < 1.29 is 9.47 Å². The van der Waals surface area contributed by atoms with Gasteiger partial charge in [0.2, 0.25) is 0 Å². The molecule has 0 radical (unpaired) electrons. The average molecular weight is 339 g/mol. The number of ether oxygens (including phenoxy) is 2. The summed E-state index contributed by atoms with van der Waals surface area (Å²) in [7, 11) is 5.08. The van der Waals surface area contributed by atoms with Crippen LogP contribution in [0.4, 0.5) is 0 Å². The van der Waals surface area contributed by atoms with E-state index >= 15 is 0 Å². The second kappa shape index (κ2) is 7.92. The smallest absolute Gasteiger partial charge is 0.191 e. The Morgan fingerprint density at radius 1 is 1.08 bits per heavy atom. The van der Waals surface area contributed by atoms with E-state index in [9.17, 15) is 0 Å². The number of hydrogen-bond donors (Lipinski definition) is 2. The first kappa shape index (κ1) is 17.1. The summed E-state index contributed by atoms with van der Waals surface area (Å²) in [5.74, 6) is 2.85. The standard InChI is InChI=1S/C20H25N3O2/c1-21-20(23-17-12-16(17)15-7-5-4-6-8-15)22-13-14-9-10-18(24-2)19(11-14)25-3/h4-11,16-17H,12-13H2,1-3H3,(H2,21,22,23). The molecule has 0 saturated heterocycles. The number of nitrogens with zero attached hydrogens (tertiary/aromatic N) is 1. The van der Waals surface area contributed by atoms with Gasteiger partial charge in [0.1, 0.15) is 0 Å². The van der Waals surface area contributed by atoms with E-state index in [1.54, 1.807) is 21.3 Å². The van der Waals surface area contributed by atoms with Gasteiger partial charge in [0.15, 0.2) is 17.5 Å². The fourth-order valence-electron chi connectivity index (χ4n) is 2.97. The lowest BCUT2D eigenvalue weighted by Gasteiger charge is -2.13. The zero-order valence-corrected chi connectivity index (χ0v) is 15.0. The number of hydrogen-bond acceptors (Lipinski definition) is 3. The maximum Gasteiger partial charge on any atom is 0.191 e. The van der Waals surface area contributed by atoms with Crippen molar-refractivity contribution in [2.45, 2.75) is 24.9 Å². The second-order valence-corrected chi connectivity index (χ2v) is 6.12. The molecule has 25 heavy (non-hydrogen) atoms. The summed E-state index contributed by atoms with van der Waals surface area (Å²) in [6.45, 7) is 0.669. The van der Waals surface area contributed by atoms with Crippen LogP contribution in [0.2, 0.25) is 0 Å². The number of benzene rings is 2. The van der Waals surface area contributed by atoms with Crippen LogP contribution in [0.25, 0.3) is 0 Å². The molecule has 0 aliphatic heterocycles. The highest BCUT2D eigenvalue weighted by atomic mass is 16.5. The third-order valence-electron chi connectivity index (χ3n) is 4.47. The molecule has 2 N–H and O–H groups in total. The molecule has 1 aliphatic carbocycles. The molecule has 0 amide bonds. The zero-order chi connectivity index (χ0) is 17.6. The van der Waals surface area contributed by atoms with Gasteiger partial charge in [0.05, 0.1) is 14.2 Å². The van der Waals surface area contributed by atoms with E-state index in [0.29, 0.717) is 18.5 Å². The first-order chi connectivity index (χ1) is 12.2. The predicted molar refractivity (Wildman–Crippen MR) is 100 cm³/mol. The molecule has 1 fully saturated rings. The number of aliphatic imine (C=N–C) groups is 1. The summed E-state index contributed by atoms with van der Waals surface area (Å²) in [6, 6.07) is 17.0. The first-order valence-corrected chi connectivity index (χ1v) is 8.48. The van der Waals surface area contributed by atoms with Crippen molar-refractivity contribution in [3.8, 4) is 11.5 Å². The Balaban J connectivity index is 1.54. The maximum atomic E-state index is 5.35. The monoisotopic (exact) mass is 339 g/mol. The summed E-state index contributed by atoms with van der Waals surface area (Å²) in [5.41, 5.74) is 2.49. The van der Waals surface area contributed by atoms with Crippen molar-refractivity contribution >= 4 is 5.96 Å². The van der Waals surface area contributed by atoms with E-state index in [1.807, 2.05) is 18.2 Å². The van der Waals surface area contributed by atoms with Gasteiger partial charge in [-0.15, -0.1) is 0 Å². The quantitative estimate of drug-likeness (QED) is 0.628. The Morgan fingerprint density at radius 3 is 2.52 bits per heavy atom. The molecule has 5 nitrogen and oxygen atoms in total. The van der Waals surface area contributed by atoms with Gasteiger partial charge in [-0.1, -0.05) is 36.4 Å². The van der Waals surface area contributed by atoms with Crippen molar-refractivity contribution in [3.63, 3.8) is 0 Å². The topological polar surface area (TPSA) is 54.9 Å². The minimum absolute atomic E-state index is 0.444. The van der Waals surface area contributed by atoms with E-state index in [-0.39, 0.29) is 0 Å². The average Bonchev–Trinajstić information content (AvgIpc) is 3.44. The third-order valence-corrected chi connectivity index (χ3v) is 4.47. The molecule has 0 spiro atoms. The van der Waals surface area contributed by atoms with Crippen molar-refractivity contribution in [3.05, 3.63) is 59.7 Å². The van der Waals surface area contributed by atoms with Crippen molar-refractivity contribution in [2.75, 3.05) is 21.3 Å². The number of rotatable bonds is 6. The Morgan fingerprint density at radius 2 is 1.84 bits per heavy atom. The summed E-state index contributed by atoms with van der Waals surface area (Å²) >= 11 is 0. The number of nitrogens with one attached hydrogen (secondary N) is 2. The van der Waals surface area contributed by atoms with Gasteiger partial charge in [0.25, 0.3) is 0 Å². The van der Waals surface area contributed by atoms with Crippen LogP contribution < -0.4 is 20.1 Å². The Bertz CT molecular complexity index is 731. The van der Waals surface area contributed by atoms with Crippen LogP contribution in [-0.4, -0.2) is 33.3 Å². The van der Waals surface area contributed by atoms with Crippen LogP contribution in [0, 0.1) is 0 Å². The molecule has 1 aliphatic rings. The molecule has 2 aromatic carbocycles. The second-order valence-electron chi connectivity index (χ2n) is 6.12. The van der Waals surface area contributed by atoms with E-state index in [4.69, 9.17) is 9.47 Å². The highest BCUT2D eigenvalue weighted by molar-refractivity contribution is 5.80. The maximum absolute atomic E-state index is 5.35. The van der Waals surface area contributed by atoms with Gasteiger partial charge in [-0.3, -0.25) is 4.99 Å². The van der Waals surface area contributed by atoms with Crippen molar-refractivity contribution in [1.82, 2.24) is 10.6 Å². The summed E-state index contributed by atoms with van der Waals surface area (Å²) in [6.07, 6.45) is 1.14. The first-order valence-electron chi connectivity index (χ1n) is 8.48. The van der Waals surface area contributed by atoms with Gasteiger partial charge < -0.3 is 20.1 Å². The lowest BCUT2D eigenvalue weighted by Crippen LogP contribution is -2.38. The minimum Gasteiger partial charge on any atom is -0.493 e. The molecule has 1 saturated carbocycles. The fourth-order valence-corrected chi connectivity index (χ4v) is 2.97. The highest BCUT2D eigenvalue weighted by Gasteiger charge is 2.38. The molecule has 2 atom stereocenters. The Labute approximate surface area is 149 Å². The lowest BCUT2D eigenvalue weighted by atomic mass is 10.1. The van der Waals surface area contributed by atoms with Crippen LogP contribution in [0.15, 0.2) is 53.5 Å². The van der Waals surface area contributed by atoms with Gasteiger partial charge in [0, 0.05) is 25.6 Å². The summed E-state index contributed by atoms with van der Waals surface area (Å²) in [5, 5.41) is 6.85. The normalized spacial score (nSPS) is 19.2. The Kier molecular flexibility index (Phi) is 5.43. The van der Waals surface area contributed by atoms with Crippen LogP contribution in [0.3, 0.4) is 0 Å². The van der Waals surface area contributed by atoms with Crippen LogP contribution in [0.5, 0.6) is 11.5 Å². The molecule has 5 heteroatoms. The van der Waals surface area contributed by atoms with E-state index in [1.165, 1.54) is 5.56 Å². The largest absolute Gasteiger partial charge is 0.493 e. The SMILES string of the molecule is CN=C(NCc1ccc(OC)c(OC)c1)NC1CC1c1ccccc1. The molecule has 0 heterocycles. The molecule has 3 rings (SSSR count). The van der Waals surface area contributed by atoms with E-state index in [0.717, 1.165) is 29.4 Å². The molecule has 132 valence electrons. The molecule has 2 unspecified atom stereocenters. The number of methoxy groups -OCH3 is 2. The van der Waals surface area contributed by atoms with Crippen LogP contribution in [0.1, 0.15) is 23.5 Å². The number of guanidine groups is 1.